The highest BCUT2D eigenvalue weighted by atomic mass is 35.5. The van der Waals surface area contributed by atoms with Gasteiger partial charge in [-0.05, 0) is 6.26 Å². The monoisotopic (exact) mass is 287 g/mol. The summed E-state index contributed by atoms with van der Waals surface area (Å²) in [4.78, 5) is 20.1. The van der Waals surface area contributed by atoms with E-state index < -0.39 is 0 Å². The number of ether oxygens (including phenoxy) is 1. The number of thioether (sulfide) groups is 1. The number of halogens is 1. The van der Waals surface area contributed by atoms with Gasteiger partial charge >= 0.3 is 0 Å². The number of hydrogen-bond donors (Lipinski definition) is 1. The van der Waals surface area contributed by atoms with E-state index in [1.165, 1.54) is 18.0 Å². The Balaban J connectivity index is 2.03. The third kappa shape index (κ3) is 2.93. The fraction of sp³-hybridized carbons (Fsp3) is 0.545. The zero-order valence-corrected chi connectivity index (χ0v) is 11.8. The van der Waals surface area contributed by atoms with Crippen LogP contribution in [0.25, 0.3) is 0 Å². The van der Waals surface area contributed by atoms with Crippen molar-refractivity contribution in [1.82, 2.24) is 15.3 Å². The molecule has 0 radical (unpaired) electrons. The summed E-state index contributed by atoms with van der Waals surface area (Å²) in [6, 6.07) is 0. The van der Waals surface area contributed by atoms with E-state index in [0.29, 0.717) is 24.9 Å². The molecule has 1 aliphatic rings. The van der Waals surface area contributed by atoms with Crippen molar-refractivity contribution in [2.45, 2.75) is 12.1 Å². The fourth-order valence-corrected chi connectivity index (χ4v) is 2.06. The molecule has 0 spiro atoms. The van der Waals surface area contributed by atoms with Gasteiger partial charge in [0.1, 0.15) is 0 Å². The summed E-state index contributed by atoms with van der Waals surface area (Å²) < 4.78 is 5.13. The lowest BCUT2D eigenvalue weighted by Crippen LogP contribution is -2.48. The molecule has 1 saturated heterocycles. The molecule has 0 saturated carbocycles. The van der Waals surface area contributed by atoms with E-state index in [1.807, 2.05) is 6.26 Å². The quantitative estimate of drug-likeness (QED) is 0.673. The smallest absolute Gasteiger partial charge is 0.271 e. The summed E-state index contributed by atoms with van der Waals surface area (Å²) in [5, 5.41) is 3.63. The summed E-state index contributed by atoms with van der Waals surface area (Å²) in [5.74, 6) is -0.272. The topological polar surface area (TPSA) is 64.1 Å². The minimum absolute atomic E-state index is 0.0253. The van der Waals surface area contributed by atoms with E-state index in [4.69, 9.17) is 16.3 Å². The Kier molecular flexibility index (Phi) is 4.09. The number of amides is 1. The van der Waals surface area contributed by atoms with Gasteiger partial charge in [0.25, 0.3) is 5.91 Å². The predicted octanol–water partition coefficient (Wildman–Crippen LogP) is 1.62. The van der Waals surface area contributed by atoms with E-state index in [0.717, 1.165) is 0 Å². The molecule has 98 valence electrons. The van der Waals surface area contributed by atoms with Gasteiger partial charge < -0.3 is 10.1 Å². The molecule has 1 aliphatic heterocycles. The van der Waals surface area contributed by atoms with Crippen LogP contribution < -0.4 is 5.32 Å². The van der Waals surface area contributed by atoms with Crippen LogP contribution in [0.4, 0.5) is 0 Å². The molecule has 7 heteroatoms. The molecule has 0 atom stereocenters. The van der Waals surface area contributed by atoms with Crippen molar-refractivity contribution in [2.24, 2.45) is 5.41 Å². The van der Waals surface area contributed by atoms with Crippen molar-refractivity contribution in [3.8, 4) is 0 Å². The van der Waals surface area contributed by atoms with Crippen LogP contribution in [0.3, 0.4) is 0 Å². The molecular formula is C11H14ClN3O2S. The van der Waals surface area contributed by atoms with Crippen molar-refractivity contribution in [2.75, 3.05) is 26.0 Å². The maximum atomic E-state index is 12.0. The second-order valence-corrected chi connectivity index (χ2v) is 5.72. The number of carbonyl (C=O) groups is 1. The van der Waals surface area contributed by atoms with Crippen LogP contribution in [0.5, 0.6) is 0 Å². The van der Waals surface area contributed by atoms with E-state index in [2.05, 4.69) is 22.2 Å². The molecule has 0 aromatic carbocycles. The number of nitrogens with zero attached hydrogens (tertiary/aromatic N) is 2. The molecule has 1 aromatic rings. The van der Waals surface area contributed by atoms with Gasteiger partial charge in [-0.15, -0.1) is 0 Å². The van der Waals surface area contributed by atoms with E-state index in [-0.39, 0.29) is 22.0 Å². The molecule has 5 nitrogen and oxygen atoms in total. The Morgan fingerprint density at radius 1 is 1.67 bits per heavy atom. The minimum Gasteiger partial charge on any atom is -0.380 e. The fourth-order valence-electron chi connectivity index (χ4n) is 1.54. The lowest BCUT2D eigenvalue weighted by atomic mass is 9.89. The van der Waals surface area contributed by atoms with E-state index in [9.17, 15) is 4.79 Å². The van der Waals surface area contributed by atoms with Crippen LogP contribution in [0, 0.1) is 5.41 Å². The lowest BCUT2D eigenvalue weighted by molar-refractivity contribution is -0.0978. The van der Waals surface area contributed by atoms with Crippen molar-refractivity contribution < 1.29 is 9.53 Å². The van der Waals surface area contributed by atoms with Crippen LogP contribution in [0.2, 0.25) is 5.02 Å². The second kappa shape index (κ2) is 5.42. The van der Waals surface area contributed by atoms with E-state index >= 15 is 0 Å². The molecule has 18 heavy (non-hydrogen) atoms. The van der Waals surface area contributed by atoms with Gasteiger partial charge in [0, 0.05) is 12.0 Å². The first-order valence-electron chi connectivity index (χ1n) is 5.46. The standard InChI is InChI=1S/C11H14ClN3O2S/c1-11(5-17-6-11)4-14-9(16)8-7(12)3-13-10(15-8)18-2/h3H,4-6H2,1-2H3,(H,14,16). The molecule has 1 aromatic heterocycles. The van der Waals surface area contributed by atoms with Gasteiger partial charge in [-0.1, -0.05) is 30.3 Å². The number of rotatable bonds is 4. The van der Waals surface area contributed by atoms with Crippen LogP contribution in [0.1, 0.15) is 17.4 Å². The predicted molar refractivity (Wildman–Crippen MR) is 70.1 cm³/mol. The number of aromatic nitrogens is 2. The third-order valence-corrected chi connectivity index (χ3v) is 3.53. The van der Waals surface area contributed by atoms with Gasteiger partial charge in [0.2, 0.25) is 0 Å². The van der Waals surface area contributed by atoms with Gasteiger partial charge in [-0.3, -0.25) is 4.79 Å². The first-order valence-corrected chi connectivity index (χ1v) is 7.07. The number of nitrogens with one attached hydrogen (secondary N) is 1. The Morgan fingerprint density at radius 3 is 2.94 bits per heavy atom. The van der Waals surface area contributed by atoms with Crippen molar-refractivity contribution in [3.05, 3.63) is 16.9 Å². The Bertz CT molecular complexity index is 466. The second-order valence-electron chi connectivity index (χ2n) is 4.54. The Hall–Kier alpha value is -0.850. The molecule has 2 heterocycles. The maximum absolute atomic E-state index is 12.0. The molecular weight excluding hydrogens is 274 g/mol. The zero-order valence-electron chi connectivity index (χ0n) is 10.2. The van der Waals surface area contributed by atoms with E-state index in [1.54, 1.807) is 0 Å². The summed E-state index contributed by atoms with van der Waals surface area (Å²) in [5.41, 5.74) is 0.247. The van der Waals surface area contributed by atoms with Gasteiger partial charge in [-0.2, -0.15) is 0 Å². The number of carbonyl (C=O) groups excluding carboxylic acids is 1. The van der Waals surface area contributed by atoms with Crippen molar-refractivity contribution in [1.29, 1.82) is 0 Å². The van der Waals surface area contributed by atoms with Crippen molar-refractivity contribution in [3.63, 3.8) is 0 Å². The van der Waals surface area contributed by atoms with Gasteiger partial charge in [-0.25, -0.2) is 9.97 Å². The third-order valence-electron chi connectivity index (χ3n) is 2.70. The molecule has 1 amide bonds. The van der Waals surface area contributed by atoms with Gasteiger partial charge in [0.15, 0.2) is 10.9 Å². The summed E-state index contributed by atoms with van der Waals surface area (Å²) in [7, 11) is 0. The first-order chi connectivity index (χ1) is 8.54. The summed E-state index contributed by atoms with van der Waals surface area (Å²) in [6.45, 7) is 3.95. The minimum atomic E-state index is -0.272. The molecule has 0 aliphatic carbocycles. The van der Waals surface area contributed by atoms with Crippen LogP contribution in [-0.2, 0) is 4.74 Å². The Morgan fingerprint density at radius 2 is 2.39 bits per heavy atom. The lowest BCUT2D eigenvalue weighted by Gasteiger charge is -2.37. The average molecular weight is 288 g/mol. The SMILES string of the molecule is CSc1ncc(Cl)c(C(=O)NCC2(C)COC2)n1. The van der Waals surface area contributed by atoms with Crippen LogP contribution in [-0.4, -0.2) is 41.9 Å². The molecule has 1 fully saturated rings. The summed E-state index contributed by atoms with van der Waals surface area (Å²) >= 11 is 7.29. The Labute approximate surface area is 115 Å². The molecule has 2 rings (SSSR count). The molecule has 0 unspecified atom stereocenters. The summed E-state index contributed by atoms with van der Waals surface area (Å²) in [6.07, 6.45) is 3.29. The highest BCUT2D eigenvalue weighted by Crippen LogP contribution is 2.25. The van der Waals surface area contributed by atoms with Gasteiger partial charge in [0.05, 0.1) is 24.4 Å². The average Bonchev–Trinajstić information content (AvgIpc) is 2.34. The zero-order chi connectivity index (χ0) is 13.2. The maximum Gasteiger partial charge on any atom is 0.271 e. The van der Waals surface area contributed by atoms with Crippen molar-refractivity contribution >= 4 is 29.3 Å². The van der Waals surface area contributed by atoms with Crippen LogP contribution >= 0.6 is 23.4 Å². The normalized spacial score (nSPS) is 17.1. The first kappa shape index (κ1) is 13.6. The number of hydrogen-bond acceptors (Lipinski definition) is 5. The van der Waals surface area contributed by atoms with Crippen LogP contribution in [0.15, 0.2) is 11.4 Å². The molecule has 1 N–H and O–H groups in total. The largest absolute Gasteiger partial charge is 0.380 e. The highest BCUT2D eigenvalue weighted by molar-refractivity contribution is 7.98. The highest BCUT2D eigenvalue weighted by Gasteiger charge is 2.33. The molecule has 0 bridgehead atoms.